The number of furan rings is 1. The molecule has 1 aromatic carbocycles. The Bertz CT molecular complexity index is 1020. The van der Waals surface area contributed by atoms with Crippen molar-refractivity contribution in [3.05, 3.63) is 69.6 Å². The zero-order valence-corrected chi connectivity index (χ0v) is 16.6. The van der Waals surface area contributed by atoms with Crippen LogP contribution < -0.4 is 5.32 Å². The molecular formula is C21H20N2O4S. The summed E-state index contributed by atoms with van der Waals surface area (Å²) in [5.74, 6) is -0.675. The number of amides is 1. The number of nitrogens with one attached hydrogen (secondary N) is 1. The van der Waals surface area contributed by atoms with Gasteiger partial charge in [0.2, 0.25) is 0 Å². The molecule has 144 valence electrons. The number of thiazole rings is 1. The van der Waals surface area contributed by atoms with Gasteiger partial charge < -0.3 is 14.5 Å². The number of hydrogen-bond donors (Lipinski definition) is 1. The van der Waals surface area contributed by atoms with Crippen LogP contribution in [0.1, 0.15) is 56.7 Å². The van der Waals surface area contributed by atoms with Gasteiger partial charge in [-0.1, -0.05) is 32.1 Å². The molecule has 0 aliphatic carbocycles. The van der Waals surface area contributed by atoms with Crippen LogP contribution in [0.4, 0.5) is 5.69 Å². The van der Waals surface area contributed by atoms with Crippen molar-refractivity contribution in [3.8, 4) is 0 Å². The van der Waals surface area contributed by atoms with Crippen molar-refractivity contribution < 1.29 is 18.7 Å². The number of methoxy groups -OCH3 is 1. The average Bonchev–Trinajstić information content (AvgIpc) is 3.35. The summed E-state index contributed by atoms with van der Waals surface area (Å²) >= 11 is 1.59. The third kappa shape index (κ3) is 4.55. The van der Waals surface area contributed by atoms with E-state index in [9.17, 15) is 9.59 Å². The molecular weight excluding hydrogens is 376 g/mol. The van der Waals surface area contributed by atoms with E-state index >= 15 is 0 Å². The summed E-state index contributed by atoms with van der Waals surface area (Å²) in [4.78, 5) is 28.7. The van der Waals surface area contributed by atoms with Gasteiger partial charge in [0.25, 0.3) is 5.91 Å². The van der Waals surface area contributed by atoms with E-state index in [1.54, 1.807) is 17.4 Å². The number of aromatic nitrogens is 1. The molecule has 0 saturated heterocycles. The minimum absolute atomic E-state index is 0.0841. The third-order valence-electron chi connectivity index (χ3n) is 4.01. The van der Waals surface area contributed by atoms with Gasteiger partial charge in [-0.25, -0.2) is 9.78 Å². The summed E-state index contributed by atoms with van der Waals surface area (Å²) in [7, 11) is 1.25. The molecule has 1 N–H and O–H groups in total. The van der Waals surface area contributed by atoms with E-state index in [2.05, 4.69) is 34.3 Å². The predicted molar refractivity (Wildman–Crippen MR) is 110 cm³/mol. The second-order valence-electron chi connectivity index (χ2n) is 6.37. The van der Waals surface area contributed by atoms with Crippen molar-refractivity contribution in [3.63, 3.8) is 0 Å². The van der Waals surface area contributed by atoms with E-state index in [-0.39, 0.29) is 11.1 Å². The lowest BCUT2D eigenvalue weighted by molar-refractivity contribution is 0.0597. The average molecular weight is 396 g/mol. The van der Waals surface area contributed by atoms with E-state index in [1.807, 2.05) is 30.4 Å². The quantitative estimate of drug-likeness (QED) is 0.588. The van der Waals surface area contributed by atoms with Gasteiger partial charge in [-0.15, -0.1) is 11.3 Å². The lowest BCUT2D eigenvalue weighted by Crippen LogP contribution is -2.15. The summed E-state index contributed by atoms with van der Waals surface area (Å²) in [6, 6.07) is 7.38. The SMILES string of the molecule is COC(=O)c1cocc1C(=O)Nc1cccc(/C=C/c2nc(C(C)C)cs2)c1. The van der Waals surface area contributed by atoms with Crippen LogP contribution in [0.3, 0.4) is 0 Å². The molecule has 0 bridgehead atoms. The molecule has 0 aliphatic heterocycles. The highest BCUT2D eigenvalue weighted by molar-refractivity contribution is 7.10. The van der Waals surface area contributed by atoms with Crippen LogP contribution in [0.25, 0.3) is 12.2 Å². The maximum absolute atomic E-state index is 12.5. The zero-order valence-electron chi connectivity index (χ0n) is 15.8. The van der Waals surface area contributed by atoms with E-state index in [4.69, 9.17) is 4.42 Å². The molecule has 2 aromatic heterocycles. The Kier molecular flexibility index (Phi) is 6.06. The summed E-state index contributed by atoms with van der Waals surface area (Å²) in [5.41, 5.74) is 2.80. The molecule has 0 radical (unpaired) electrons. The van der Waals surface area contributed by atoms with Gasteiger partial charge in [0.05, 0.1) is 18.4 Å². The second-order valence-corrected chi connectivity index (χ2v) is 7.26. The van der Waals surface area contributed by atoms with E-state index in [1.165, 1.54) is 19.6 Å². The minimum atomic E-state index is -0.625. The fraction of sp³-hybridized carbons (Fsp3) is 0.190. The molecule has 0 spiro atoms. The summed E-state index contributed by atoms with van der Waals surface area (Å²) in [6.07, 6.45) is 6.30. The van der Waals surface area contributed by atoms with Gasteiger partial charge in [-0.05, 0) is 29.7 Å². The summed E-state index contributed by atoms with van der Waals surface area (Å²) in [6.45, 7) is 4.22. The number of benzene rings is 1. The van der Waals surface area contributed by atoms with Crippen LogP contribution in [0.15, 0.2) is 46.6 Å². The lowest BCUT2D eigenvalue weighted by atomic mass is 10.1. The van der Waals surface area contributed by atoms with Crippen molar-refractivity contribution in [1.29, 1.82) is 0 Å². The lowest BCUT2D eigenvalue weighted by Gasteiger charge is -2.06. The predicted octanol–water partition coefficient (Wildman–Crippen LogP) is 5.07. The first-order valence-electron chi connectivity index (χ1n) is 8.67. The number of rotatable bonds is 6. The number of anilines is 1. The van der Waals surface area contributed by atoms with Crippen LogP contribution >= 0.6 is 11.3 Å². The van der Waals surface area contributed by atoms with Crippen LogP contribution in [-0.4, -0.2) is 24.0 Å². The topological polar surface area (TPSA) is 81.4 Å². The van der Waals surface area contributed by atoms with Gasteiger partial charge in [-0.2, -0.15) is 0 Å². The Balaban J connectivity index is 1.73. The molecule has 0 atom stereocenters. The largest absolute Gasteiger partial charge is 0.471 e. The fourth-order valence-corrected chi connectivity index (χ4v) is 3.34. The fourth-order valence-electron chi connectivity index (χ4n) is 2.47. The third-order valence-corrected chi connectivity index (χ3v) is 4.83. The molecule has 3 aromatic rings. The molecule has 1 amide bonds. The van der Waals surface area contributed by atoms with E-state index in [0.717, 1.165) is 16.3 Å². The summed E-state index contributed by atoms with van der Waals surface area (Å²) in [5, 5.41) is 5.76. The molecule has 3 rings (SSSR count). The Morgan fingerprint density at radius 2 is 2.00 bits per heavy atom. The number of ether oxygens (including phenoxy) is 1. The van der Waals surface area contributed by atoms with E-state index < -0.39 is 11.9 Å². The standard InChI is InChI=1S/C21H20N2O4S/c1-13(2)18-12-28-19(23-18)8-7-14-5-4-6-15(9-14)22-20(24)16-10-27-11-17(16)21(25)26-3/h4-13H,1-3H3,(H,22,24)/b8-7+. The molecule has 0 unspecified atom stereocenters. The highest BCUT2D eigenvalue weighted by atomic mass is 32.1. The van der Waals surface area contributed by atoms with Crippen molar-refractivity contribution in [2.75, 3.05) is 12.4 Å². The Morgan fingerprint density at radius 3 is 2.71 bits per heavy atom. The normalized spacial score (nSPS) is 11.1. The van der Waals surface area contributed by atoms with Gasteiger partial charge in [0.15, 0.2) is 0 Å². The number of carbonyl (C=O) groups is 2. The number of nitrogens with zero attached hydrogens (tertiary/aromatic N) is 1. The molecule has 7 heteroatoms. The molecule has 6 nitrogen and oxygen atoms in total. The molecule has 0 saturated carbocycles. The first-order valence-corrected chi connectivity index (χ1v) is 9.55. The highest BCUT2D eigenvalue weighted by Gasteiger charge is 2.20. The second kappa shape index (κ2) is 8.67. The van der Waals surface area contributed by atoms with Crippen LogP contribution in [0.2, 0.25) is 0 Å². The van der Waals surface area contributed by atoms with Crippen LogP contribution in [-0.2, 0) is 4.74 Å². The smallest absolute Gasteiger partial charge is 0.341 e. The monoisotopic (exact) mass is 396 g/mol. The minimum Gasteiger partial charge on any atom is -0.471 e. The van der Waals surface area contributed by atoms with Crippen molar-refractivity contribution >= 4 is 41.1 Å². The number of carbonyl (C=O) groups excluding carboxylic acids is 2. The maximum atomic E-state index is 12.5. The first kappa shape index (κ1) is 19.6. The Morgan fingerprint density at radius 1 is 1.21 bits per heavy atom. The van der Waals surface area contributed by atoms with Gasteiger partial charge in [0.1, 0.15) is 23.1 Å². The molecule has 0 aliphatic rings. The van der Waals surface area contributed by atoms with E-state index in [0.29, 0.717) is 11.6 Å². The Hall–Kier alpha value is -3.19. The van der Waals surface area contributed by atoms with Gasteiger partial charge in [0, 0.05) is 11.1 Å². The number of hydrogen-bond acceptors (Lipinski definition) is 6. The maximum Gasteiger partial charge on any atom is 0.341 e. The van der Waals surface area contributed by atoms with Gasteiger partial charge >= 0.3 is 5.97 Å². The zero-order chi connectivity index (χ0) is 20.1. The van der Waals surface area contributed by atoms with Crippen molar-refractivity contribution in [2.24, 2.45) is 0 Å². The van der Waals surface area contributed by atoms with Crippen LogP contribution in [0.5, 0.6) is 0 Å². The first-order chi connectivity index (χ1) is 13.5. The highest BCUT2D eigenvalue weighted by Crippen LogP contribution is 2.21. The van der Waals surface area contributed by atoms with Crippen molar-refractivity contribution in [1.82, 2.24) is 4.98 Å². The molecule has 28 heavy (non-hydrogen) atoms. The van der Waals surface area contributed by atoms with Crippen molar-refractivity contribution in [2.45, 2.75) is 19.8 Å². The molecule has 0 fully saturated rings. The number of esters is 1. The van der Waals surface area contributed by atoms with Crippen LogP contribution in [0, 0.1) is 0 Å². The van der Waals surface area contributed by atoms with Gasteiger partial charge in [-0.3, -0.25) is 4.79 Å². The molecule has 2 heterocycles. The Labute approximate surface area is 166 Å². The summed E-state index contributed by atoms with van der Waals surface area (Å²) < 4.78 is 9.63.